The molecule has 1 aromatic heterocycles. The molecule has 0 amide bonds. The van der Waals surface area contributed by atoms with Crippen LogP contribution in [-0.4, -0.2) is 61.1 Å². The van der Waals surface area contributed by atoms with Crippen LogP contribution in [-0.2, 0) is 4.74 Å². The minimum Gasteiger partial charge on any atom is -0.462 e. The molecule has 9 heteroatoms. The van der Waals surface area contributed by atoms with E-state index in [0.717, 1.165) is 30.5 Å². The molecule has 0 aliphatic rings. The molecule has 2 unspecified atom stereocenters. The zero-order valence-electron chi connectivity index (χ0n) is 18.2. The van der Waals surface area contributed by atoms with Crippen molar-refractivity contribution >= 4 is 47.2 Å². The van der Waals surface area contributed by atoms with Crippen LogP contribution in [0.15, 0.2) is 4.99 Å². The van der Waals surface area contributed by atoms with Gasteiger partial charge in [-0.25, -0.2) is 9.78 Å². The SMILES string of the molecule is CCNC(=NCCN(C)C(C)CC)NC(C)c1nc(C)c(C(=O)OCC)s1.I. The number of halogens is 1. The molecule has 2 N–H and O–H groups in total. The van der Waals surface area contributed by atoms with E-state index in [1.54, 1.807) is 6.92 Å². The van der Waals surface area contributed by atoms with Gasteiger partial charge in [0.25, 0.3) is 0 Å². The molecule has 162 valence electrons. The Morgan fingerprint density at radius 1 is 1.32 bits per heavy atom. The molecule has 0 fully saturated rings. The van der Waals surface area contributed by atoms with Crippen molar-refractivity contribution in [1.29, 1.82) is 0 Å². The highest BCUT2D eigenvalue weighted by Crippen LogP contribution is 2.24. The van der Waals surface area contributed by atoms with Crippen molar-refractivity contribution in [1.82, 2.24) is 20.5 Å². The Hall–Kier alpha value is -0.940. The third kappa shape index (κ3) is 8.60. The maximum Gasteiger partial charge on any atom is 0.350 e. The summed E-state index contributed by atoms with van der Waals surface area (Å²) < 4.78 is 5.10. The molecule has 0 spiro atoms. The van der Waals surface area contributed by atoms with Gasteiger partial charge in [-0.15, -0.1) is 35.3 Å². The van der Waals surface area contributed by atoms with Gasteiger partial charge in [0.2, 0.25) is 0 Å². The Morgan fingerprint density at radius 2 is 2.00 bits per heavy atom. The summed E-state index contributed by atoms with van der Waals surface area (Å²) in [5.74, 6) is 0.452. The number of nitrogens with zero attached hydrogens (tertiary/aromatic N) is 3. The fourth-order valence-electron chi connectivity index (χ4n) is 2.43. The number of esters is 1. The number of guanidine groups is 1. The number of aryl methyl sites for hydroxylation is 1. The summed E-state index contributed by atoms with van der Waals surface area (Å²) in [6.07, 6.45) is 1.13. The van der Waals surface area contributed by atoms with Crippen LogP contribution in [0.1, 0.15) is 67.5 Å². The second-order valence-corrected chi connectivity index (χ2v) is 7.58. The lowest BCUT2D eigenvalue weighted by Crippen LogP contribution is -2.39. The lowest BCUT2D eigenvalue weighted by molar-refractivity contribution is 0.0531. The molecule has 0 aromatic carbocycles. The van der Waals surface area contributed by atoms with Crippen LogP contribution in [0.4, 0.5) is 0 Å². The van der Waals surface area contributed by atoms with E-state index in [0.29, 0.717) is 29.8 Å². The van der Waals surface area contributed by atoms with Gasteiger partial charge in [0.15, 0.2) is 5.96 Å². The molecule has 0 bridgehead atoms. The van der Waals surface area contributed by atoms with Crippen LogP contribution < -0.4 is 10.6 Å². The zero-order valence-corrected chi connectivity index (χ0v) is 21.3. The van der Waals surface area contributed by atoms with E-state index in [2.05, 4.69) is 46.4 Å². The predicted octanol–water partition coefficient (Wildman–Crippen LogP) is 3.59. The molecule has 0 aliphatic carbocycles. The highest BCUT2D eigenvalue weighted by Gasteiger charge is 2.20. The van der Waals surface area contributed by atoms with E-state index in [9.17, 15) is 4.79 Å². The van der Waals surface area contributed by atoms with Crippen molar-refractivity contribution in [3.8, 4) is 0 Å². The summed E-state index contributed by atoms with van der Waals surface area (Å²) in [5.41, 5.74) is 0.708. The van der Waals surface area contributed by atoms with Crippen LogP contribution in [0.25, 0.3) is 0 Å². The van der Waals surface area contributed by atoms with Gasteiger partial charge < -0.3 is 20.3 Å². The number of carbonyl (C=O) groups is 1. The van der Waals surface area contributed by atoms with Crippen molar-refractivity contribution in [2.45, 2.75) is 60.0 Å². The second-order valence-electron chi connectivity index (χ2n) is 6.55. The number of hydrogen-bond donors (Lipinski definition) is 2. The standard InChI is InChI=1S/C19H35N5O2S.HI/c1-8-13(4)24(7)12-11-21-19(20-9-2)23-15(6)17-22-14(5)16(27-17)18(25)26-10-3;/h13,15H,8-12H2,1-7H3,(H2,20,21,23);1H. The van der Waals surface area contributed by atoms with Crippen LogP contribution in [0, 0.1) is 6.92 Å². The first kappa shape index (κ1) is 27.1. The Morgan fingerprint density at radius 3 is 2.57 bits per heavy atom. The van der Waals surface area contributed by atoms with Crippen molar-refractivity contribution < 1.29 is 9.53 Å². The highest BCUT2D eigenvalue weighted by atomic mass is 127. The molecule has 1 aromatic rings. The number of ether oxygens (including phenoxy) is 1. The van der Waals surface area contributed by atoms with Gasteiger partial charge in [0.1, 0.15) is 9.88 Å². The Balaban J connectivity index is 0.00000729. The number of likely N-dealkylation sites (N-methyl/N-ethyl adjacent to an activating group) is 1. The molecule has 28 heavy (non-hydrogen) atoms. The average Bonchev–Trinajstić information content (AvgIpc) is 3.03. The van der Waals surface area contributed by atoms with Gasteiger partial charge >= 0.3 is 5.97 Å². The topological polar surface area (TPSA) is 78.9 Å². The van der Waals surface area contributed by atoms with Crippen molar-refractivity contribution in [3.05, 3.63) is 15.6 Å². The Labute approximate surface area is 190 Å². The maximum absolute atomic E-state index is 12.0. The molecule has 0 aliphatic heterocycles. The van der Waals surface area contributed by atoms with Gasteiger partial charge in [-0.1, -0.05) is 6.92 Å². The molecule has 7 nitrogen and oxygen atoms in total. The maximum atomic E-state index is 12.0. The number of nitrogens with one attached hydrogen (secondary N) is 2. The molecular weight excluding hydrogens is 489 g/mol. The number of carbonyl (C=O) groups excluding carboxylic acids is 1. The Bertz CT molecular complexity index is 623. The first-order valence-corrected chi connectivity index (χ1v) is 10.5. The van der Waals surface area contributed by atoms with Crippen LogP contribution in [0.2, 0.25) is 0 Å². The summed E-state index contributed by atoms with van der Waals surface area (Å²) in [5, 5.41) is 7.49. The van der Waals surface area contributed by atoms with Gasteiger partial charge in [-0.05, 0) is 48.1 Å². The Kier molecular flexibility index (Phi) is 13.6. The molecule has 0 radical (unpaired) electrons. The minimum absolute atomic E-state index is 0. The molecule has 0 saturated carbocycles. The molecule has 2 atom stereocenters. The zero-order chi connectivity index (χ0) is 20.4. The van der Waals surface area contributed by atoms with E-state index in [1.165, 1.54) is 11.3 Å². The van der Waals surface area contributed by atoms with Crippen LogP contribution >= 0.6 is 35.3 Å². The minimum atomic E-state index is -0.306. The molecule has 0 saturated heterocycles. The molecule has 1 heterocycles. The first-order valence-electron chi connectivity index (χ1n) is 9.73. The molecule has 1 rings (SSSR count). The number of thiazole rings is 1. The van der Waals surface area contributed by atoms with E-state index in [4.69, 9.17) is 4.74 Å². The number of hydrogen-bond acceptors (Lipinski definition) is 6. The largest absolute Gasteiger partial charge is 0.462 e. The second kappa shape index (κ2) is 14.1. The van der Waals surface area contributed by atoms with E-state index in [-0.39, 0.29) is 36.0 Å². The number of rotatable bonds is 10. The summed E-state index contributed by atoms with van der Waals surface area (Å²) in [6, 6.07) is 0.497. The monoisotopic (exact) mass is 525 g/mol. The summed E-state index contributed by atoms with van der Waals surface area (Å²) in [7, 11) is 2.13. The summed E-state index contributed by atoms with van der Waals surface area (Å²) >= 11 is 1.37. The highest BCUT2D eigenvalue weighted by molar-refractivity contribution is 14.0. The van der Waals surface area contributed by atoms with Crippen molar-refractivity contribution in [2.24, 2.45) is 4.99 Å². The molecular formula is C19H36IN5O2S. The first-order chi connectivity index (χ1) is 12.8. The third-order valence-electron chi connectivity index (χ3n) is 4.41. The third-order valence-corrected chi connectivity index (χ3v) is 5.73. The number of aliphatic imine (C=N–C) groups is 1. The van der Waals surface area contributed by atoms with Crippen LogP contribution in [0.3, 0.4) is 0 Å². The van der Waals surface area contributed by atoms with Gasteiger partial charge in [-0.2, -0.15) is 0 Å². The fraction of sp³-hybridized carbons (Fsp3) is 0.737. The van der Waals surface area contributed by atoms with Crippen molar-refractivity contribution in [3.63, 3.8) is 0 Å². The smallest absolute Gasteiger partial charge is 0.350 e. The predicted molar refractivity (Wildman–Crippen MR) is 128 cm³/mol. The van der Waals surface area contributed by atoms with Gasteiger partial charge in [-0.3, -0.25) is 4.99 Å². The van der Waals surface area contributed by atoms with E-state index >= 15 is 0 Å². The fourth-order valence-corrected chi connectivity index (χ4v) is 3.39. The van der Waals surface area contributed by atoms with Gasteiger partial charge in [0, 0.05) is 19.1 Å². The van der Waals surface area contributed by atoms with Crippen LogP contribution in [0.5, 0.6) is 0 Å². The van der Waals surface area contributed by atoms with E-state index in [1.807, 2.05) is 20.8 Å². The quantitative estimate of drug-likeness (QED) is 0.211. The summed E-state index contributed by atoms with van der Waals surface area (Å²) in [6.45, 7) is 14.9. The van der Waals surface area contributed by atoms with Crippen molar-refractivity contribution in [2.75, 3.05) is 33.3 Å². The summed E-state index contributed by atoms with van der Waals surface area (Å²) in [4.78, 5) is 24.1. The lowest BCUT2D eigenvalue weighted by atomic mass is 10.2. The van der Waals surface area contributed by atoms with E-state index < -0.39 is 0 Å². The number of aromatic nitrogens is 1. The van der Waals surface area contributed by atoms with Gasteiger partial charge in [0.05, 0.1) is 24.9 Å². The average molecular weight is 526 g/mol. The normalized spacial score (nSPS) is 13.6. The lowest BCUT2D eigenvalue weighted by Gasteiger charge is -2.23.